The second kappa shape index (κ2) is 7.24. The van der Waals surface area contributed by atoms with Gasteiger partial charge < -0.3 is 10.1 Å². The minimum Gasteiger partial charge on any atom is -0.465 e. The number of nitro benzene ring substituents is 2. The van der Waals surface area contributed by atoms with Crippen LogP contribution in [0.1, 0.15) is 48.0 Å². The lowest BCUT2D eigenvalue weighted by Crippen LogP contribution is -2.24. The molecule has 130 valence electrons. The molecular formula is C15H19N3O6. The summed E-state index contributed by atoms with van der Waals surface area (Å²) in [5.41, 5.74) is -1.20. The maximum absolute atomic E-state index is 11.8. The molecule has 24 heavy (non-hydrogen) atoms. The number of hydrogen-bond acceptors (Lipinski definition) is 7. The number of methoxy groups -OCH3 is 1. The highest BCUT2D eigenvalue weighted by molar-refractivity contribution is 5.96. The molecule has 0 spiro atoms. The topological polar surface area (TPSA) is 125 Å². The number of nitrogens with one attached hydrogen (secondary N) is 1. The van der Waals surface area contributed by atoms with Gasteiger partial charge in [-0.15, -0.1) is 0 Å². The smallest absolute Gasteiger partial charge is 0.338 e. The number of carbonyl (C=O) groups excluding carboxylic acids is 1. The van der Waals surface area contributed by atoms with Crippen LogP contribution >= 0.6 is 0 Å². The molecule has 0 heterocycles. The van der Waals surface area contributed by atoms with Gasteiger partial charge in [-0.05, 0) is 19.8 Å². The van der Waals surface area contributed by atoms with Crippen molar-refractivity contribution < 1.29 is 19.4 Å². The standard InChI is InChI=1S/C15H19N3O6/c1-9-11(15(19)24-2)8-12(17(20)21)13(14(9)18(22)23)16-10-6-4-3-5-7-10/h8,10,16H,3-7H2,1-2H3. The predicted molar refractivity (Wildman–Crippen MR) is 86.3 cm³/mol. The molecule has 1 aromatic carbocycles. The van der Waals surface area contributed by atoms with E-state index in [-0.39, 0.29) is 22.9 Å². The van der Waals surface area contributed by atoms with Crippen molar-refractivity contribution in [1.29, 1.82) is 0 Å². The third-order valence-electron chi connectivity index (χ3n) is 4.27. The molecule has 0 saturated heterocycles. The molecule has 0 bridgehead atoms. The molecule has 9 heteroatoms. The summed E-state index contributed by atoms with van der Waals surface area (Å²) in [6, 6.07) is 0.985. The van der Waals surface area contributed by atoms with Crippen LogP contribution in [0.25, 0.3) is 0 Å². The van der Waals surface area contributed by atoms with Gasteiger partial charge in [0.25, 0.3) is 5.69 Å². The number of carbonyl (C=O) groups is 1. The lowest BCUT2D eigenvalue weighted by Gasteiger charge is -2.24. The lowest BCUT2D eigenvalue weighted by atomic mass is 9.94. The first-order valence-electron chi connectivity index (χ1n) is 7.68. The van der Waals surface area contributed by atoms with Crippen molar-refractivity contribution in [2.24, 2.45) is 0 Å². The zero-order valence-corrected chi connectivity index (χ0v) is 13.5. The minimum atomic E-state index is -0.845. The Hall–Kier alpha value is -2.71. The Morgan fingerprint density at radius 2 is 1.83 bits per heavy atom. The molecule has 2 rings (SSSR count). The molecule has 0 aliphatic heterocycles. The molecule has 1 N–H and O–H groups in total. The van der Waals surface area contributed by atoms with Gasteiger partial charge in [0.05, 0.1) is 22.5 Å². The lowest BCUT2D eigenvalue weighted by molar-refractivity contribution is -0.392. The first-order chi connectivity index (χ1) is 11.4. The average molecular weight is 337 g/mol. The van der Waals surface area contributed by atoms with E-state index in [2.05, 4.69) is 10.1 Å². The summed E-state index contributed by atoms with van der Waals surface area (Å²) < 4.78 is 4.57. The minimum absolute atomic E-state index is 0.0516. The van der Waals surface area contributed by atoms with Crippen LogP contribution in [-0.2, 0) is 4.74 Å². The van der Waals surface area contributed by atoms with E-state index in [0.717, 1.165) is 45.3 Å². The molecular weight excluding hydrogens is 318 g/mol. The second-order valence-corrected chi connectivity index (χ2v) is 5.78. The van der Waals surface area contributed by atoms with Gasteiger partial charge in [-0.1, -0.05) is 19.3 Å². The fourth-order valence-corrected chi connectivity index (χ4v) is 3.04. The Labute approximate surface area is 138 Å². The number of hydrogen-bond donors (Lipinski definition) is 1. The van der Waals surface area contributed by atoms with Crippen molar-refractivity contribution in [2.75, 3.05) is 12.4 Å². The average Bonchev–Trinajstić information content (AvgIpc) is 2.54. The monoisotopic (exact) mass is 337 g/mol. The molecule has 1 aliphatic carbocycles. The molecule has 1 aliphatic rings. The first-order valence-corrected chi connectivity index (χ1v) is 7.68. The van der Waals surface area contributed by atoms with Crippen molar-refractivity contribution in [3.05, 3.63) is 37.4 Å². The van der Waals surface area contributed by atoms with Crippen molar-refractivity contribution in [2.45, 2.75) is 45.1 Å². The summed E-state index contributed by atoms with van der Waals surface area (Å²) in [5, 5.41) is 25.9. The Kier molecular flexibility index (Phi) is 5.32. The first kappa shape index (κ1) is 17.6. The molecule has 1 saturated carbocycles. The highest BCUT2D eigenvalue weighted by atomic mass is 16.6. The van der Waals surface area contributed by atoms with Crippen LogP contribution in [0.4, 0.5) is 17.1 Å². The number of anilines is 1. The number of ether oxygens (including phenoxy) is 1. The molecule has 1 aromatic rings. The Bertz CT molecular complexity index is 682. The van der Waals surface area contributed by atoms with Crippen LogP contribution in [0.3, 0.4) is 0 Å². The maximum Gasteiger partial charge on any atom is 0.338 e. The van der Waals surface area contributed by atoms with Gasteiger partial charge in [-0.3, -0.25) is 20.2 Å². The molecule has 9 nitrogen and oxygen atoms in total. The second-order valence-electron chi connectivity index (χ2n) is 5.78. The number of benzene rings is 1. The largest absolute Gasteiger partial charge is 0.465 e. The molecule has 0 aromatic heterocycles. The molecule has 0 atom stereocenters. The highest BCUT2D eigenvalue weighted by Gasteiger charge is 2.34. The van der Waals surface area contributed by atoms with E-state index in [4.69, 9.17) is 0 Å². The van der Waals surface area contributed by atoms with Crippen LogP contribution < -0.4 is 5.32 Å². The summed E-state index contributed by atoms with van der Waals surface area (Å²) in [5.74, 6) is -0.845. The van der Waals surface area contributed by atoms with Gasteiger partial charge in [-0.2, -0.15) is 0 Å². The number of esters is 1. The van der Waals surface area contributed by atoms with Crippen molar-refractivity contribution in [3.8, 4) is 0 Å². The van der Waals surface area contributed by atoms with Gasteiger partial charge in [0.1, 0.15) is 0 Å². The molecule has 1 fully saturated rings. The van der Waals surface area contributed by atoms with Crippen LogP contribution in [-0.4, -0.2) is 29.0 Å². The molecule has 0 unspecified atom stereocenters. The Morgan fingerprint density at radius 1 is 1.21 bits per heavy atom. The maximum atomic E-state index is 11.8. The van der Waals surface area contributed by atoms with E-state index in [1.165, 1.54) is 6.92 Å². The SMILES string of the molecule is COC(=O)c1cc([N+](=O)[O-])c(NC2CCCCC2)c([N+](=O)[O-])c1C. The van der Waals surface area contributed by atoms with Gasteiger partial charge in [0.15, 0.2) is 5.69 Å². The summed E-state index contributed by atoms with van der Waals surface area (Å²) in [6.45, 7) is 1.39. The highest BCUT2D eigenvalue weighted by Crippen LogP contribution is 2.40. The summed E-state index contributed by atoms with van der Waals surface area (Å²) >= 11 is 0. The van der Waals surface area contributed by atoms with Crippen molar-refractivity contribution in [1.82, 2.24) is 0 Å². The molecule has 0 radical (unpaired) electrons. The number of nitro groups is 2. The predicted octanol–water partition coefficient (Wildman–Crippen LogP) is 3.34. The van der Waals surface area contributed by atoms with Gasteiger partial charge >= 0.3 is 11.7 Å². The van der Waals surface area contributed by atoms with Gasteiger partial charge in [0, 0.05) is 17.7 Å². The van der Waals surface area contributed by atoms with Crippen LogP contribution in [0.5, 0.6) is 0 Å². The van der Waals surface area contributed by atoms with Crippen molar-refractivity contribution >= 4 is 23.0 Å². The molecule has 0 amide bonds. The van der Waals surface area contributed by atoms with Crippen LogP contribution in [0, 0.1) is 27.2 Å². The Morgan fingerprint density at radius 3 is 2.33 bits per heavy atom. The normalized spacial score (nSPS) is 14.9. The van der Waals surface area contributed by atoms with Crippen LogP contribution in [0.2, 0.25) is 0 Å². The van der Waals surface area contributed by atoms with Crippen LogP contribution in [0.15, 0.2) is 6.07 Å². The summed E-state index contributed by atoms with van der Waals surface area (Å²) in [4.78, 5) is 33.3. The van der Waals surface area contributed by atoms with E-state index in [1.807, 2.05) is 0 Å². The van der Waals surface area contributed by atoms with E-state index < -0.39 is 27.2 Å². The number of rotatable bonds is 5. The van der Waals surface area contributed by atoms with E-state index >= 15 is 0 Å². The van der Waals surface area contributed by atoms with Gasteiger partial charge in [0.2, 0.25) is 0 Å². The third kappa shape index (κ3) is 3.44. The summed E-state index contributed by atoms with van der Waals surface area (Å²) in [7, 11) is 1.12. The zero-order valence-electron chi connectivity index (χ0n) is 13.5. The zero-order chi connectivity index (χ0) is 17.9. The van der Waals surface area contributed by atoms with E-state index in [9.17, 15) is 25.0 Å². The fraction of sp³-hybridized carbons (Fsp3) is 0.533. The van der Waals surface area contributed by atoms with E-state index in [1.54, 1.807) is 0 Å². The van der Waals surface area contributed by atoms with Gasteiger partial charge in [-0.25, -0.2) is 4.79 Å². The fourth-order valence-electron chi connectivity index (χ4n) is 3.04. The van der Waals surface area contributed by atoms with Crippen molar-refractivity contribution in [3.63, 3.8) is 0 Å². The quantitative estimate of drug-likeness (QED) is 0.496. The summed E-state index contributed by atoms with van der Waals surface area (Å²) in [6.07, 6.45) is 4.62. The third-order valence-corrected chi connectivity index (χ3v) is 4.27. The number of nitrogens with zero attached hydrogens (tertiary/aromatic N) is 2. The Balaban J connectivity index is 2.61. The van der Waals surface area contributed by atoms with E-state index in [0.29, 0.717) is 0 Å².